The number of furan rings is 1. The van der Waals surface area contributed by atoms with E-state index in [4.69, 9.17) is 13.9 Å². The Morgan fingerprint density at radius 1 is 1.06 bits per heavy atom. The van der Waals surface area contributed by atoms with Gasteiger partial charge in [0.2, 0.25) is 10.0 Å². The molecule has 0 aliphatic carbocycles. The predicted octanol–water partition coefficient (Wildman–Crippen LogP) is 3.97. The van der Waals surface area contributed by atoms with Crippen molar-refractivity contribution in [1.29, 1.82) is 0 Å². The lowest BCUT2D eigenvalue weighted by molar-refractivity contribution is 0.0932. The quantitative estimate of drug-likeness (QED) is 0.519. The Morgan fingerprint density at radius 3 is 2.38 bits per heavy atom. The molecule has 0 saturated heterocycles. The first-order valence-corrected chi connectivity index (χ1v) is 11.8. The Balaban J connectivity index is 1.91. The van der Waals surface area contributed by atoms with Gasteiger partial charge in [0, 0.05) is 18.5 Å². The second-order valence-electron chi connectivity index (χ2n) is 7.17. The van der Waals surface area contributed by atoms with Crippen molar-refractivity contribution < 1.29 is 27.1 Å². The molecule has 1 N–H and O–H groups in total. The summed E-state index contributed by atoms with van der Waals surface area (Å²) >= 11 is 0. The third kappa shape index (κ3) is 4.44. The average molecular weight is 461 g/mol. The highest BCUT2D eigenvalue weighted by atomic mass is 32.2. The molecule has 0 aliphatic heterocycles. The number of methoxy groups -OCH3 is 2. The summed E-state index contributed by atoms with van der Waals surface area (Å²) in [7, 11) is -0.729. The van der Waals surface area contributed by atoms with Crippen LogP contribution in [-0.4, -0.2) is 45.9 Å². The van der Waals surface area contributed by atoms with Gasteiger partial charge in [0.15, 0.2) is 11.3 Å². The van der Waals surface area contributed by atoms with E-state index in [2.05, 4.69) is 5.32 Å². The van der Waals surface area contributed by atoms with Gasteiger partial charge in [-0.2, -0.15) is 4.31 Å². The molecule has 1 amide bonds. The number of ether oxygens (including phenoxy) is 2. The standard InChI is InChI=1S/C23H28N2O6S/c1-6-25(7-2)32(27,28)17-11-12-19(29-4)18(14-17)23(26)24-15(3)21-13-16-9-8-10-20(30-5)22(16)31-21/h8-15H,6-7H2,1-5H3,(H,24,26). The largest absolute Gasteiger partial charge is 0.496 e. The number of carbonyl (C=O) groups is 1. The van der Waals surface area contributed by atoms with Crippen LogP contribution in [0.2, 0.25) is 0 Å². The normalized spacial score (nSPS) is 12.7. The summed E-state index contributed by atoms with van der Waals surface area (Å²) in [5.41, 5.74) is 0.720. The van der Waals surface area contributed by atoms with Gasteiger partial charge in [-0.3, -0.25) is 4.79 Å². The Labute approximate surface area is 188 Å². The molecular weight excluding hydrogens is 432 g/mol. The number of nitrogens with zero attached hydrogens (tertiary/aromatic N) is 1. The lowest BCUT2D eigenvalue weighted by Crippen LogP contribution is -2.31. The lowest BCUT2D eigenvalue weighted by Gasteiger charge is -2.20. The van der Waals surface area contributed by atoms with Crippen LogP contribution in [-0.2, 0) is 10.0 Å². The molecule has 0 saturated carbocycles. The van der Waals surface area contributed by atoms with E-state index in [1.54, 1.807) is 33.9 Å². The fourth-order valence-corrected chi connectivity index (χ4v) is 5.00. The van der Waals surface area contributed by atoms with Gasteiger partial charge in [-0.1, -0.05) is 26.0 Å². The van der Waals surface area contributed by atoms with Crippen molar-refractivity contribution in [3.63, 3.8) is 0 Å². The first kappa shape index (κ1) is 23.6. The molecule has 0 spiro atoms. The van der Waals surface area contributed by atoms with Crippen LogP contribution in [0, 0.1) is 0 Å². The molecule has 3 rings (SSSR count). The Hall–Kier alpha value is -3.04. The number of amides is 1. The highest BCUT2D eigenvalue weighted by Crippen LogP contribution is 2.31. The van der Waals surface area contributed by atoms with Crippen LogP contribution in [0.5, 0.6) is 11.5 Å². The van der Waals surface area contributed by atoms with E-state index in [-0.39, 0.29) is 16.2 Å². The van der Waals surface area contributed by atoms with E-state index >= 15 is 0 Å². The summed E-state index contributed by atoms with van der Waals surface area (Å²) < 4.78 is 43.7. The minimum Gasteiger partial charge on any atom is -0.496 e. The summed E-state index contributed by atoms with van der Waals surface area (Å²) in [6, 6.07) is 11.2. The van der Waals surface area contributed by atoms with Crippen LogP contribution in [0.3, 0.4) is 0 Å². The molecule has 1 aromatic heterocycles. The number of carbonyl (C=O) groups excluding carboxylic acids is 1. The number of fused-ring (bicyclic) bond motifs is 1. The molecule has 8 nitrogen and oxygen atoms in total. The van der Waals surface area contributed by atoms with Crippen LogP contribution < -0.4 is 14.8 Å². The highest BCUT2D eigenvalue weighted by molar-refractivity contribution is 7.89. The maximum atomic E-state index is 13.1. The summed E-state index contributed by atoms with van der Waals surface area (Å²) in [5, 5.41) is 3.71. The van der Waals surface area contributed by atoms with Crippen LogP contribution in [0.15, 0.2) is 51.8 Å². The molecule has 0 bridgehead atoms. The van der Waals surface area contributed by atoms with Gasteiger partial charge in [-0.15, -0.1) is 0 Å². The van der Waals surface area contributed by atoms with E-state index < -0.39 is 22.0 Å². The van der Waals surface area contributed by atoms with Crippen LogP contribution in [0.4, 0.5) is 0 Å². The molecule has 2 aromatic carbocycles. The van der Waals surface area contributed by atoms with Crippen molar-refractivity contribution in [1.82, 2.24) is 9.62 Å². The van der Waals surface area contributed by atoms with Crippen molar-refractivity contribution in [2.45, 2.75) is 31.7 Å². The molecule has 32 heavy (non-hydrogen) atoms. The maximum Gasteiger partial charge on any atom is 0.255 e. The van der Waals surface area contributed by atoms with E-state index in [9.17, 15) is 13.2 Å². The zero-order chi connectivity index (χ0) is 23.5. The van der Waals surface area contributed by atoms with E-state index in [1.807, 2.05) is 18.2 Å². The van der Waals surface area contributed by atoms with Gasteiger partial charge < -0.3 is 19.2 Å². The molecule has 9 heteroatoms. The number of hydrogen-bond acceptors (Lipinski definition) is 6. The Bertz CT molecular complexity index is 1210. The lowest BCUT2D eigenvalue weighted by atomic mass is 10.1. The summed E-state index contributed by atoms with van der Waals surface area (Å²) in [6.45, 7) is 5.98. The number of nitrogens with one attached hydrogen (secondary N) is 1. The second-order valence-corrected chi connectivity index (χ2v) is 9.11. The minimum atomic E-state index is -3.72. The topological polar surface area (TPSA) is 98.1 Å². The fourth-order valence-electron chi connectivity index (χ4n) is 3.51. The van der Waals surface area contributed by atoms with Crippen molar-refractivity contribution in [3.05, 3.63) is 53.8 Å². The van der Waals surface area contributed by atoms with Crippen molar-refractivity contribution in [3.8, 4) is 11.5 Å². The molecular formula is C23H28N2O6S. The van der Waals surface area contributed by atoms with Crippen LogP contribution in [0.1, 0.15) is 42.9 Å². The van der Waals surface area contributed by atoms with Crippen LogP contribution in [0.25, 0.3) is 11.0 Å². The number of benzene rings is 2. The van der Waals surface area contributed by atoms with E-state index in [0.29, 0.717) is 30.2 Å². The Morgan fingerprint density at radius 2 is 1.75 bits per heavy atom. The third-order valence-electron chi connectivity index (χ3n) is 5.28. The van der Waals surface area contributed by atoms with Gasteiger partial charge in [0.25, 0.3) is 5.91 Å². The summed E-state index contributed by atoms with van der Waals surface area (Å²) in [6.07, 6.45) is 0. The molecule has 1 unspecified atom stereocenters. The zero-order valence-electron chi connectivity index (χ0n) is 18.8. The van der Waals surface area contributed by atoms with Crippen molar-refractivity contribution in [2.24, 2.45) is 0 Å². The Kier molecular flexibility index (Phi) is 7.10. The molecule has 1 heterocycles. The SMILES string of the molecule is CCN(CC)S(=O)(=O)c1ccc(OC)c(C(=O)NC(C)c2cc3cccc(OC)c3o2)c1. The first-order valence-electron chi connectivity index (χ1n) is 10.3. The zero-order valence-corrected chi connectivity index (χ0v) is 19.7. The smallest absolute Gasteiger partial charge is 0.255 e. The number of para-hydroxylation sites is 1. The van der Waals surface area contributed by atoms with Gasteiger partial charge in [0.1, 0.15) is 11.5 Å². The minimum absolute atomic E-state index is 0.0354. The van der Waals surface area contributed by atoms with Crippen molar-refractivity contribution >= 4 is 26.9 Å². The predicted molar refractivity (Wildman–Crippen MR) is 122 cm³/mol. The summed E-state index contributed by atoms with van der Waals surface area (Å²) in [5.74, 6) is 0.949. The fraction of sp³-hybridized carbons (Fsp3) is 0.348. The highest BCUT2D eigenvalue weighted by Gasteiger charge is 2.25. The van der Waals surface area contributed by atoms with Crippen LogP contribution >= 0.6 is 0 Å². The van der Waals surface area contributed by atoms with E-state index in [1.165, 1.54) is 29.6 Å². The third-order valence-corrected chi connectivity index (χ3v) is 7.33. The monoisotopic (exact) mass is 460 g/mol. The van der Waals surface area contributed by atoms with Crippen molar-refractivity contribution in [2.75, 3.05) is 27.3 Å². The maximum absolute atomic E-state index is 13.1. The van der Waals surface area contributed by atoms with Gasteiger partial charge >= 0.3 is 0 Å². The van der Waals surface area contributed by atoms with E-state index in [0.717, 1.165) is 5.39 Å². The summed E-state index contributed by atoms with van der Waals surface area (Å²) in [4.78, 5) is 13.1. The average Bonchev–Trinajstić information content (AvgIpc) is 3.24. The number of hydrogen-bond donors (Lipinski definition) is 1. The number of sulfonamides is 1. The first-order chi connectivity index (χ1) is 15.3. The molecule has 172 valence electrons. The molecule has 0 aliphatic rings. The molecule has 0 fully saturated rings. The molecule has 0 radical (unpaired) electrons. The number of rotatable bonds is 9. The van der Waals surface area contributed by atoms with Gasteiger partial charge in [-0.25, -0.2) is 8.42 Å². The second kappa shape index (κ2) is 9.62. The van der Waals surface area contributed by atoms with Gasteiger partial charge in [-0.05, 0) is 37.3 Å². The molecule has 3 aromatic rings. The molecule has 1 atom stereocenters. The van der Waals surface area contributed by atoms with Gasteiger partial charge in [0.05, 0.1) is 30.7 Å².